The Labute approximate surface area is 204 Å². The van der Waals surface area contributed by atoms with Gasteiger partial charge in [0.15, 0.2) is 5.96 Å². The molecule has 1 N–H and O–H groups in total. The Kier molecular flexibility index (Phi) is 9.14. The largest absolute Gasteiger partial charge is 0.357 e. The van der Waals surface area contributed by atoms with E-state index >= 15 is 0 Å². The molecular formula is C25H36IN5. The molecule has 2 atom stereocenters. The summed E-state index contributed by atoms with van der Waals surface area (Å²) in [7, 11) is 0. The lowest BCUT2D eigenvalue weighted by Crippen LogP contribution is -2.56. The van der Waals surface area contributed by atoms with Crippen LogP contribution in [0.3, 0.4) is 0 Å². The Bertz CT molecular complexity index is 841. The maximum absolute atomic E-state index is 4.95. The number of nitrogens with zero attached hydrogens (tertiary/aromatic N) is 4. The zero-order valence-electron chi connectivity index (χ0n) is 18.8. The molecule has 2 fully saturated rings. The number of guanidine groups is 1. The third-order valence-corrected chi connectivity index (χ3v) is 6.54. The highest BCUT2D eigenvalue weighted by Gasteiger charge is 2.36. The summed E-state index contributed by atoms with van der Waals surface area (Å²) in [5.41, 5.74) is 3.70. The van der Waals surface area contributed by atoms with Crippen molar-refractivity contribution in [1.29, 1.82) is 0 Å². The monoisotopic (exact) mass is 533 g/mol. The fourth-order valence-electron chi connectivity index (χ4n) is 4.97. The van der Waals surface area contributed by atoms with Gasteiger partial charge in [0.2, 0.25) is 0 Å². The van der Waals surface area contributed by atoms with E-state index in [1.54, 1.807) is 0 Å². The molecule has 0 amide bonds. The molecule has 0 bridgehead atoms. The standard InChI is InChI=1S/C25H35N5.HI/c1-3-26-25(28-17-23-20(2)9-7-14-27-23)30-16-13-24-22(19-30)12-8-15-29(24)18-21-10-5-4-6-11-21;/h4-7,9-11,14,22,24H,3,8,12-13,15-19H2,1-2H3,(H,26,28);1H. The van der Waals surface area contributed by atoms with Crippen LogP contribution in [0.2, 0.25) is 0 Å². The third-order valence-electron chi connectivity index (χ3n) is 6.54. The van der Waals surface area contributed by atoms with E-state index < -0.39 is 0 Å². The number of piperidine rings is 2. The van der Waals surface area contributed by atoms with Crippen molar-refractivity contribution in [3.8, 4) is 0 Å². The van der Waals surface area contributed by atoms with Crippen molar-refractivity contribution >= 4 is 29.9 Å². The highest BCUT2D eigenvalue weighted by atomic mass is 127. The van der Waals surface area contributed by atoms with Crippen LogP contribution < -0.4 is 5.32 Å². The summed E-state index contributed by atoms with van der Waals surface area (Å²) in [6, 6.07) is 15.7. The second-order valence-electron chi connectivity index (χ2n) is 8.60. The number of aryl methyl sites for hydroxylation is 1. The SMILES string of the molecule is CCNC(=NCc1ncccc1C)N1CCC2C(CCCN2Cc2ccccc2)C1.I. The van der Waals surface area contributed by atoms with Gasteiger partial charge in [-0.05, 0) is 62.8 Å². The average Bonchev–Trinajstić information content (AvgIpc) is 2.78. The fraction of sp³-hybridized carbons (Fsp3) is 0.520. The van der Waals surface area contributed by atoms with Gasteiger partial charge < -0.3 is 10.2 Å². The normalized spacial score (nSPS) is 21.9. The van der Waals surface area contributed by atoms with E-state index in [4.69, 9.17) is 4.99 Å². The molecule has 0 saturated carbocycles. The molecule has 2 aliphatic rings. The van der Waals surface area contributed by atoms with Crippen molar-refractivity contribution in [3.63, 3.8) is 0 Å². The van der Waals surface area contributed by atoms with Crippen LogP contribution in [0.4, 0.5) is 0 Å². The Morgan fingerprint density at radius 3 is 2.74 bits per heavy atom. The van der Waals surface area contributed by atoms with Crippen molar-refractivity contribution in [2.24, 2.45) is 10.9 Å². The van der Waals surface area contributed by atoms with Gasteiger partial charge in [-0.3, -0.25) is 9.88 Å². The summed E-state index contributed by atoms with van der Waals surface area (Å²) in [4.78, 5) is 14.7. The lowest BCUT2D eigenvalue weighted by Gasteiger charge is -2.48. The molecule has 3 heterocycles. The van der Waals surface area contributed by atoms with Crippen LogP contribution in [0.15, 0.2) is 53.7 Å². The lowest BCUT2D eigenvalue weighted by molar-refractivity contribution is 0.0372. The van der Waals surface area contributed by atoms with Gasteiger partial charge >= 0.3 is 0 Å². The molecule has 2 aromatic rings. The molecule has 168 valence electrons. The van der Waals surface area contributed by atoms with Crippen molar-refractivity contribution < 1.29 is 0 Å². The second kappa shape index (κ2) is 11.8. The van der Waals surface area contributed by atoms with E-state index in [1.165, 1.54) is 36.9 Å². The molecule has 1 aromatic carbocycles. The molecule has 5 nitrogen and oxygen atoms in total. The number of halogens is 1. The quantitative estimate of drug-likeness (QED) is 0.350. The van der Waals surface area contributed by atoms with E-state index in [-0.39, 0.29) is 24.0 Å². The van der Waals surface area contributed by atoms with Crippen molar-refractivity contribution in [2.45, 2.75) is 52.2 Å². The van der Waals surface area contributed by atoms with E-state index in [0.29, 0.717) is 12.6 Å². The first-order chi connectivity index (χ1) is 14.7. The summed E-state index contributed by atoms with van der Waals surface area (Å²) in [6.07, 6.45) is 5.69. The zero-order valence-corrected chi connectivity index (χ0v) is 21.2. The molecular weight excluding hydrogens is 497 g/mol. The minimum atomic E-state index is 0. The van der Waals surface area contributed by atoms with Gasteiger partial charge in [-0.2, -0.15) is 0 Å². The summed E-state index contributed by atoms with van der Waals surface area (Å²) >= 11 is 0. The molecule has 2 aliphatic heterocycles. The van der Waals surface area contributed by atoms with Crippen LogP contribution in [0.25, 0.3) is 0 Å². The van der Waals surface area contributed by atoms with Crippen molar-refractivity contribution in [2.75, 3.05) is 26.2 Å². The van der Waals surface area contributed by atoms with Crippen LogP contribution in [0.1, 0.15) is 43.0 Å². The number of hydrogen-bond donors (Lipinski definition) is 1. The van der Waals surface area contributed by atoms with E-state index in [9.17, 15) is 0 Å². The second-order valence-corrected chi connectivity index (χ2v) is 8.60. The number of aromatic nitrogens is 1. The predicted octanol–water partition coefficient (Wildman–Crippen LogP) is 4.46. The van der Waals surface area contributed by atoms with Gasteiger partial charge in [-0.25, -0.2) is 4.99 Å². The lowest BCUT2D eigenvalue weighted by atomic mass is 9.83. The molecule has 2 saturated heterocycles. The summed E-state index contributed by atoms with van der Waals surface area (Å²) in [6.45, 7) is 10.3. The predicted molar refractivity (Wildman–Crippen MR) is 139 cm³/mol. The van der Waals surface area contributed by atoms with Gasteiger partial charge in [0.1, 0.15) is 0 Å². The highest BCUT2D eigenvalue weighted by molar-refractivity contribution is 14.0. The molecule has 0 radical (unpaired) electrons. The number of likely N-dealkylation sites (tertiary alicyclic amines) is 2. The van der Waals surface area contributed by atoms with Crippen LogP contribution in [-0.2, 0) is 13.1 Å². The third kappa shape index (κ3) is 6.19. The van der Waals surface area contributed by atoms with Crippen LogP contribution >= 0.6 is 24.0 Å². The summed E-state index contributed by atoms with van der Waals surface area (Å²) in [5, 5.41) is 3.52. The minimum Gasteiger partial charge on any atom is -0.357 e. The van der Waals surface area contributed by atoms with Crippen LogP contribution in [-0.4, -0.2) is 53.0 Å². The molecule has 1 aromatic heterocycles. The first-order valence-corrected chi connectivity index (χ1v) is 11.5. The molecule has 4 rings (SSSR count). The number of rotatable bonds is 5. The number of hydrogen-bond acceptors (Lipinski definition) is 3. The first kappa shape index (κ1) is 24.0. The van der Waals surface area contributed by atoms with E-state index in [1.807, 2.05) is 12.3 Å². The van der Waals surface area contributed by atoms with E-state index in [0.717, 1.165) is 43.8 Å². The summed E-state index contributed by atoms with van der Waals surface area (Å²) in [5.74, 6) is 1.76. The first-order valence-electron chi connectivity index (χ1n) is 11.5. The number of nitrogens with one attached hydrogen (secondary N) is 1. The zero-order chi connectivity index (χ0) is 20.8. The maximum Gasteiger partial charge on any atom is 0.194 e. The highest BCUT2D eigenvalue weighted by Crippen LogP contribution is 2.31. The molecule has 2 unspecified atom stereocenters. The smallest absolute Gasteiger partial charge is 0.194 e. The molecule has 6 heteroatoms. The minimum absolute atomic E-state index is 0. The van der Waals surface area contributed by atoms with Gasteiger partial charge in [-0.1, -0.05) is 36.4 Å². The Hall–Kier alpha value is -1.67. The van der Waals surface area contributed by atoms with Gasteiger partial charge in [0.05, 0.1) is 12.2 Å². The van der Waals surface area contributed by atoms with Gasteiger partial charge in [-0.15, -0.1) is 24.0 Å². The number of fused-ring (bicyclic) bond motifs is 1. The van der Waals surface area contributed by atoms with Crippen LogP contribution in [0, 0.1) is 12.8 Å². The number of pyridine rings is 1. The molecule has 31 heavy (non-hydrogen) atoms. The van der Waals surface area contributed by atoms with Gasteiger partial charge in [0.25, 0.3) is 0 Å². The van der Waals surface area contributed by atoms with Crippen molar-refractivity contribution in [1.82, 2.24) is 20.1 Å². The van der Waals surface area contributed by atoms with Crippen LogP contribution in [0.5, 0.6) is 0 Å². The number of aliphatic imine (C=N–C) groups is 1. The van der Waals surface area contributed by atoms with E-state index in [2.05, 4.69) is 70.3 Å². The summed E-state index contributed by atoms with van der Waals surface area (Å²) < 4.78 is 0. The van der Waals surface area contributed by atoms with Crippen molar-refractivity contribution in [3.05, 3.63) is 65.5 Å². The fourth-order valence-corrected chi connectivity index (χ4v) is 4.97. The Morgan fingerprint density at radius 2 is 1.97 bits per heavy atom. The molecule has 0 aliphatic carbocycles. The Morgan fingerprint density at radius 1 is 1.13 bits per heavy atom. The molecule has 0 spiro atoms. The average molecular weight is 534 g/mol. The van der Waals surface area contributed by atoms with Gasteiger partial charge in [0, 0.05) is 38.4 Å². The number of benzene rings is 1. The topological polar surface area (TPSA) is 43.8 Å². The Balaban J connectivity index is 0.00000272. The maximum atomic E-state index is 4.95.